The molecular weight excluding hydrogens is 236 g/mol. The van der Waals surface area contributed by atoms with Crippen LogP contribution in [0.4, 0.5) is 0 Å². The summed E-state index contributed by atoms with van der Waals surface area (Å²) >= 11 is 1.46. The third-order valence-corrected chi connectivity index (χ3v) is 3.12. The van der Waals surface area contributed by atoms with Gasteiger partial charge >= 0.3 is 0 Å². The number of aromatic amines is 1. The van der Waals surface area contributed by atoms with Crippen LogP contribution in [0.15, 0.2) is 22.1 Å². The van der Waals surface area contributed by atoms with E-state index in [1.165, 1.54) is 17.8 Å². The highest BCUT2D eigenvalue weighted by Gasteiger charge is 2.03. The number of rotatable bonds is 3. The van der Waals surface area contributed by atoms with Crippen LogP contribution >= 0.6 is 11.8 Å². The average Bonchev–Trinajstić information content (AvgIpc) is 2.53. The van der Waals surface area contributed by atoms with Crippen molar-refractivity contribution in [1.82, 2.24) is 19.7 Å². The summed E-state index contributed by atoms with van der Waals surface area (Å²) in [6, 6.07) is 3.50. The number of hydrogen-bond acceptors (Lipinski definition) is 4. The molecule has 0 radical (unpaired) electrons. The summed E-state index contributed by atoms with van der Waals surface area (Å²) in [6.07, 6.45) is 0. The first-order valence-corrected chi connectivity index (χ1v) is 6.25. The van der Waals surface area contributed by atoms with Gasteiger partial charge in [0.25, 0.3) is 5.56 Å². The fourth-order valence-electron chi connectivity index (χ4n) is 1.55. The maximum absolute atomic E-state index is 11.3. The lowest BCUT2D eigenvalue weighted by Crippen LogP contribution is -2.09. The van der Waals surface area contributed by atoms with Crippen molar-refractivity contribution in [3.8, 4) is 0 Å². The van der Waals surface area contributed by atoms with Crippen molar-refractivity contribution in [3.63, 3.8) is 0 Å². The molecule has 0 aliphatic rings. The van der Waals surface area contributed by atoms with Crippen LogP contribution in [0.2, 0.25) is 0 Å². The molecule has 0 fully saturated rings. The summed E-state index contributed by atoms with van der Waals surface area (Å²) in [5.74, 6) is 0.645. The van der Waals surface area contributed by atoms with Crippen LogP contribution in [0.3, 0.4) is 0 Å². The molecule has 17 heavy (non-hydrogen) atoms. The summed E-state index contributed by atoms with van der Waals surface area (Å²) in [4.78, 5) is 18.2. The van der Waals surface area contributed by atoms with Crippen LogP contribution in [0, 0.1) is 20.8 Å². The van der Waals surface area contributed by atoms with Crippen LogP contribution in [0.25, 0.3) is 0 Å². The highest BCUT2D eigenvalue weighted by molar-refractivity contribution is 7.98. The fraction of sp³-hybridized carbons (Fsp3) is 0.364. The number of nitrogens with zero attached hydrogens (tertiary/aromatic N) is 3. The Labute approximate surface area is 103 Å². The second-order valence-corrected chi connectivity index (χ2v) is 4.83. The van der Waals surface area contributed by atoms with E-state index in [2.05, 4.69) is 15.1 Å². The number of nitrogens with one attached hydrogen (secondary N) is 1. The molecule has 0 amide bonds. The summed E-state index contributed by atoms with van der Waals surface area (Å²) in [7, 11) is 0. The standard InChI is InChI=1S/C11H14N4OS/c1-7-5-10(16)13-11(12-7)17-6-15-9(3)4-8(2)14-15/h4-5H,6H2,1-3H3,(H,12,13,16). The molecule has 0 aliphatic carbocycles. The molecule has 0 saturated carbocycles. The zero-order chi connectivity index (χ0) is 12.4. The Morgan fingerprint density at radius 1 is 1.29 bits per heavy atom. The van der Waals surface area contributed by atoms with Crippen LogP contribution in [-0.2, 0) is 5.88 Å². The summed E-state index contributed by atoms with van der Waals surface area (Å²) < 4.78 is 1.89. The van der Waals surface area contributed by atoms with Gasteiger partial charge in [-0.3, -0.25) is 9.48 Å². The molecule has 6 heteroatoms. The van der Waals surface area contributed by atoms with Crippen LogP contribution < -0.4 is 5.56 Å². The zero-order valence-corrected chi connectivity index (χ0v) is 10.8. The minimum absolute atomic E-state index is 0.117. The maximum atomic E-state index is 11.3. The van der Waals surface area contributed by atoms with Crippen LogP contribution in [0.1, 0.15) is 17.1 Å². The highest BCUT2D eigenvalue weighted by atomic mass is 32.2. The lowest BCUT2D eigenvalue weighted by molar-refractivity contribution is 0.713. The normalized spacial score (nSPS) is 10.8. The number of aryl methyl sites for hydroxylation is 3. The van der Waals surface area contributed by atoms with Gasteiger partial charge in [-0.15, -0.1) is 0 Å². The SMILES string of the molecule is Cc1cc(=O)[nH]c(SCn2nc(C)cc2C)n1. The van der Waals surface area contributed by atoms with Crippen molar-refractivity contribution in [2.24, 2.45) is 0 Å². The van der Waals surface area contributed by atoms with Gasteiger partial charge in [-0.2, -0.15) is 5.10 Å². The lowest BCUT2D eigenvalue weighted by atomic mass is 10.4. The molecule has 0 atom stereocenters. The van der Waals surface area contributed by atoms with Crippen molar-refractivity contribution < 1.29 is 0 Å². The van der Waals surface area contributed by atoms with E-state index < -0.39 is 0 Å². The predicted octanol–water partition coefficient (Wildman–Crippen LogP) is 1.64. The van der Waals surface area contributed by atoms with Crippen LogP contribution in [0.5, 0.6) is 0 Å². The molecule has 2 heterocycles. The van der Waals surface area contributed by atoms with Gasteiger partial charge in [-0.25, -0.2) is 4.98 Å². The Morgan fingerprint density at radius 3 is 2.65 bits per heavy atom. The van der Waals surface area contributed by atoms with E-state index in [0.29, 0.717) is 11.0 Å². The monoisotopic (exact) mass is 250 g/mol. The molecule has 2 aromatic heterocycles. The van der Waals surface area contributed by atoms with E-state index in [0.717, 1.165) is 17.1 Å². The molecule has 0 unspecified atom stereocenters. The largest absolute Gasteiger partial charge is 0.301 e. The first kappa shape index (κ1) is 11.9. The Kier molecular flexibility index (Phi) is 3.33. The van der Waals surface area contributed by atoms with Crippen molar-refractivity contribution in [3.05, 3.63) is 39.6 Å². The third-order valence-electron chi connectivity index (χ3n) is 2.27. The van der Waals surface area contributed by atoms with Gasteiger partial charge in [0.1, 0.15) is 0 Å². The Bertz CT molecular complexity index is 587. The number of hydrogen-bond donors (Lipinski definition) is 1. The minimum atomic E-state index is -0.117. The average molecular weight is 250 g/mol. The van der Waals surface area contributed by atoms with E-state index in [4.69, 9.17) is 0 Å². The van der Waals surface area contributed by atoms with E-state index in [-0.39, 0.29) is 5.56 Å². The topological polar surface area (TPSA) is 63.6 Å². The quantitative estimate of drug-likeness (QED) is 0.664. The number of thioether (sulfide) groups is 1. The van der Waals surface area contributed by atoms with Crippen molar-refractivity contribution in [2.75, 3.05) is 0 Å². The van der Waals surface area contributed by atoms with Gasteiger partial charge in [0.15, 0.2) is 5.16 Å². The highest BCUT2D eigenvalue weighted by Crippen LogP contribution is 2.15. The zero-order valence-electron chi connectivity index (χ0n) is 10.0. The van der Waals surface area contributed by atoms with Gasteiger partial charge < -0.3 is 4.98 Å². The fourth-order valence-corrected chi connectivity index (χ4v) is 2.44. The Morgan fingerprint density at radius 2 is 2.06 bits per heavy atom. The summed E-state index contributed by atoms with van der Waals surface area (Å²) in [5, 5.41) is 4.97. The van der Waals surface area contributed by atoms with Gasteiger partial charge in [0, 0.05) is 17.5 Å². The van der Waals surface area contributed by atoms with Gasteiger partial charge in [-0.05, 0) is 26.8 Å². The smallest absolute Gasteiger partial charge is 0.251 e. The Balaban J connectivity index is 2.12. The Hall–Kier alpha value is -1.56. The third kappa shape index (κ3) is 2.97. The first-order valence-electron chi connectivity index (χ1n) is 5.26. The molecule has 90 valence electrons. The molecule has 0 spiro atoms. The van der Waals surface area contributed by atoms with E-state index in [1.807, 2.05) is 31.5 Å². The second-order valence-electron chi connectivity index (χ2n) is 3.89. The van der Waals surface area contributed by atoms with Crippen molar-refractivity contribution in [2.45, 2.75) is 31.8 Å². The van der Waals surface area contributed by atoms with E-state index in [9.17, 15) is 4.79 Å². The molecule has 0 saturated heterocycles. The first-order chi connectivity index (χ1) is 8.04. The second kappa shape index (κ2) is 4.75. The molecule has 1 N–H and O–H groups in total. The minimum Gasteiger partial charge on any atom is -0.301 e. The maximum Gasteiger partial charge on any atom is 0.251 e. The van der Waals surface area contributed by atoms with Crippen molar-refractivity contribution in [1.29, 1.82) is 0 Å². The lowest BCUT2D eigenvalue weighted by Gasteiger charge is -2.03. The summed E-state index contributed by atoms with van der Waals surface area (Å²) in [5.41, 5.74) is 2.71. The van der Waals surface area contributed by atoms with Crippen molar-refractivity contribution >= 4 is 11.8 Å². The molecule has 2 rings (SSSR count). The number of aromatic nitrogens is 4. The molecule has 0 aliphatic heterocycles. The molecule has 2 aromatic rings. The molecule has 0 bridgehead atoms. The number of H-pyrrole nitrogens is 1. The van der Waals surface area contributed by atoms with Gasteiger partial charge in [0.05, 0.1) is 11.6 Å². The van der Waals surface area contributed by atoms with Crippen LogP contribution in [-0.4, -0.2) is 19.7 Å². The molecular formula is C11H14N4OS. The summed E-state index contributed by atoms with van der Waals surface area (Å²) in [6.45, 7) is 5.77. The van der Waals surface area contributed by atoms with Gasteiger partial charge in [-0.1, -0.05) is 11.8 Å². The molecule has 5 nitrogen and oxygen atoms in total. The van der Waals surface area contributed by atoms with E-state index in [1.54, 1.807) is 0 Å². The predicted molar refractivity (Wildman–Crippen MR) is 67.2 cm³/mol. The molecule has 0 aromatic carbocycles. The van der Waals surface area contributed by atoms with E-state index >= 15 is 0 Å². The van der Waals surface area contributed by atoms with Gasteiger partial charge in [0.2, 0.25) is 0 Å².